The van der Waals surface area contributed by atoms with E-state index in [9.17, 15) is 14.7 Å². The van der Waals surface area contributed by atoms with Crippen molar-refractivity contribution in [3.8, 4) is 5.75 Å². The number of likely N-dealkylation sites (N-methyl/N-ethyl adjacent to an activating group) is 3. The molecule has 4 atom stereocenters. The third-order valence-electron chi connectivity index (χ3n) is 8.44. The van der Waals surface area contributed by atoms with E-state index >= 15 is 0 Å². The highest BCUT2D eigenvalue weighted by Gasteiger charge is 2.65. The molecule has 156 valence electrons. The number of phenols is 1. The summed E-state index contributed by atoms with van der Waals surface area (Å²) in [5.74, 6) is 0.742. The van der Waals surface area contributed by atoms with E-state index in [2.05, 4.69) is 18.0 Å². The SMILES string of the molecule is CCN1C(=O)N(CC)C2(CCC3C4Cc5ccc(O)cc5C3(CCN4C)C2)C1=O. The Morgan fingerprint density at radius 1 is 1.17 bits per heavy atom. The number of carbonyl (C=O) groups is 2. The summed E-state index contributed by atoms with van der Waals surface area (Å²) in [6.45, 7) is 5.82. The normalized spacial score (nSPS) is 36.5. The molecule has 1 aromatic carbocycles. The number of fused-ring (bicyclic) bond motifs is 1. The molecule has 1 N–H and O–H groups in total. The molecule has 1 saturated carbocycles. The van der Waals surface area contributed by atoms with E-state index in [0.29, 0.717) is 37.2 Å². The van der Waals surface area contributed by atoms with Gasteiger partial charge in [-0.25, -0.2) is 4.79 Å². The lowest BCUT2D eigenvalue weighted by Gasteiger charge is -2.61. The number of rotatable bonds is 2. The molecule has 2 bridgehead atoms. The summed E-state index contributed by atoms with van der Waals surface area (Å²) < 4.78 is 0. The van der Waals surface area contributed by atoms with Crippen LogP contribution in [0.25, 0.3) is 0 Å². The molecular formula is C23H31N3O3. The molecule has 4 unspecified atom stereocenters. The predicted molar refractivity (Wildman–Crippen MR) is 110 cm³/mol. The molecule has 2 aliphatic carbocycles. The number of nitrogens with zero attached hydrogens (tertiary/aromatic N) is 3. The van der Waals surface area contributed by atoms with Gasteiger partial charge in [-0.2, -0.15) is 0 Å². The fourth-order valence-corrected chi connectivity index (χ4v) is 7.17. The van der Waals surface area contributed by atoms with Crippen LogP contribution < -0.4 is 0 Å². The number of carbonyl (C=O) groups excluding carboxylic acids is 2. The highest BCUT2D eigenvalue weighted by Crippen LogP contribution is 2.60. The predicted octanol–water partition coefficient (Wildman–Crippen LogP) is 2.73. The number of imide groups is 1. The van der Waals surface area contributed by atoms with Crippen LogP contribution in [0.3, 0.4) is 0 Å². The number of urea groups is 1. The zero-order valence-electron chi connectivity index (χ0n) is 17.6. The standard InChI is InChI=1S/C23H31N3O3/c1-4-25-20(28)23(26(5-2)21(25)29)9-8-17-19-12-15-6-7-16(27)13-18(15)22(17,14-23)10-11-24(19)3/h6-7,13,17,19,27H,4-5,8-12,14H2,1-3H3. The Labute approximate surface area is 172 Å². The van der Waals surface area contributed by atoms with Gasteiger partial charge >= 0.3 is 6.03 Å². The first-order chi connectivity index (χ1) is 13.9. The lowest BCUT2D eigenvalue weighted by Crippen LogP contribution is -2.66. The fraction of sp³-hybridized carbons (Fsp3) is 0.652. The van der Waals surface area contributed by atoms with E-state index in [1.54, 1.807) is 6.07 Å². The molecule has 3 amide bonds. The van der Waals surface area contributed by atoms with Crippen LogP contribution in [0.4, 0.5) is 4.79 Å². The molecule has 6 nitrogen and oxygen atoms in total. The largest absolute Gasteiger partial charge is 0.508 e. The van der Waals surface area contributed by atoms with Gasteiger partial charge < -0.3 is 14.9 Å². The molecule has 4 aliphatic rings. The van der Waals surface area contributed by atoms with E-state index in [1.807, 2.05) is 24.8 Å². The summed E-state index contributed by atoms with van der Waals surface area (Å²) in [4.78, 5) is 32.4. The van der Waals surface area contributed by atoms with Crippen molar-refractivity contribution in [2.45, 2.75) is 62.9 Å². The van der Waals surface area contributed by atoms with Crippen molar-refractivity contribution in [3.05, 3.63) is 29.3 Å². The smallest absolute Gasteiger partial charge is 0.327 e. The van der Waals surface area contributed by atoms with Crippen molar-refractivity contribution in [2.24, 2.45) is 5.92 Å². The van der Waals surface area contributed by atoms with Crippen LogP contribution in [0.1, 0.15) is 50.7 Å². The number of amides is 3. The quantitative estimate of drug-likeness (QED) is 0.780. The van der Waals surface area contributed by atoms with Crippen LogP contribution in [0.5, 0.6) is 5.75 Å². The highest BCUT2D eigenvalue weighted by molar-refractivity contribution is 6.07. The monoisotopic (exact) mass is 397 g/mol. The van der Waals surface area contributed by atoms with Crippen LogP contribution in [0.15, 0.2) is 18.2 Å². The van der Waals surface area contributed by atoms with Gasteiger partial charge in [-0.1, -0.05) is 6.07 Å². The van der Waals surface area contributed by atoms with Crippen LogP contribution in [0.2, 0.25) is 0 Å². The van der Waals surface area contributed by atoms with Gasteiger partial charge in [0.15, 0.2) is 0 Å². The average Bonchev–Trinajstić information content (AvgIpc) is 2.90. The summed E-state index contributed by atoms with van der Waals surface area (Å²) in [6.07, 6.45) is 4.33. The zero-order valence-corrected chi connectivity index (χ0v) is 17.6. The molecule has 1 aromatic rings. The Bertz CT molecular complexity index is 886. The Balaban J connectivity index is 1.67. The van der Waals surface area contributed by atoms with E-state index < -0.39 is 5.54 Å². The second kappa shape index (κ2) is 6.21. The van der Waals surface area contributed by atoms with E-state index in [0.717, 1.165) is 32.2 Å². The molecule has 2 saturated heterocycles. The van der Waals surface area contributed by atoms with Crippen molar-refractivity contribution < 1.29 is 14.7 Å². The number of phenolic OH excluding ortho intramolecular Hbond substituents is 1. The number of hydrogen-bond acceptors (Lipinski definition) is 4. The maximum Gasteiger partial charge on any atom is 0.327 e. The molecule has 0 aromatic heterocycles. The number of likely N-dealkylation sites (tertiary alicyclic amines) is 1. The van der Waals surface area contributed by atoms with Crippen LogP contribution in [-0.2, 0) is 16.6 Å². The van der Waals surface area contributed by atoms with Crippen LogP contribution in [0, 0.1) is 5.92 Å². The fourth-order valence-electron chi connectivity index (χ4n) is 7.17. The van der Waals surface area contributed by atoms with Crippen molar-refractivity contribution in [1.82, 2.24) is 14.7 Å². The van der Waals surface area contributed by atoms with E-state index in [-0.39, 0.29) is 17.4 Å². The molecule has 0 radical (unpaired) electrons. The summed E-state index contributed by atoms with van der Waals surface area (Å²) in [7, 11) is 2.21. The molecule has 1 spiro atoms. The Hall–Kier alpha value is -2.08. The van der Waals surface area contributed by atoms with Gasteiger partial charge in [0, 0.05) is 24.5 Å². The van der Waals surface area contributed by atoms with E-state index in [1.165, 1.54) is 16.0 Å². The van der Waals surface area contributed by atoms with Crippen molar-refractivity contribution >= 4 is 11.9 Å². The number of aromatic hydroxyl groups is 1. The second-order valence-corrected chi connectivity index (χ2v) is 9.43. The minimum absolute atomic E-state index is 0.0116. The minimum Gasteiger partial charge on any atom is -0.508 e. The first-order valence-corrected chi connectivity index (χ1v) is 11.0. The molecule has 6 heteroatoms. The molecule has 2 heterocycles. The van der Waals surface area contributed by atoms with Crippen molar-refractivity contribution in [2.75, 3.05) is 26.7 Å². The molecule has 3 fully saturated rings. The highest BCUT2D eigenvalue weighted by atomic mass is 16.3. The van der Waals surface area contributed by atoms with Crippen molar-refractivity contribution in [1.29, 1.82) is 0 Å². The van der Waals surface area contributed by atoms with Crippen LogP contribution in [-0.4, -0.2) is 70.0 Å². The number of piperidine rings is 1. The second-order valence-electron chi connectivity index (χ2n) is 9.43. The third kappa shape index (κ3) is 2.26. The molecule has 29 heavy (non-hydrogen) atoms. The van der Waals surface area contributed by atoms with Gasteiger partial charge in [-0.3, -0.25) is 9.69 Å². The lowest BCUT2D eigenvalue weighted by atomic mass is 9.49. The van der Waals surface area contributed by atoms with Crippen LogP contribution >= 0.6 is 0 Å². The van der Waals surface area contributed by atoms with Gasteiger partial charge in [0.25, 0.3) is 5.91 Å². The minimum atomic E-state index is -0.737. The van der Waals surface area contributed by atoms with Gasteiger partial charge in [0.05, 0.1) is 0 Å². The lowest BCUT2D eigenvalue weighted by molar-refractivity contribution is -0.139. The van der Waals surface area contributed by atoms with Gasteiger partial charge in [-0.15, -0.1) is 0 Å². The summed E-state index contributed by atoms with van der Waals surface area (Å²) >= 11 is 0. The van der Waals surface area contributed by atoms with Gasteiger partial charge in [0.1, 0.15) is 11.3 Å². The Kier molecular flexibility index (Phi) is 4.05. The molecule has 5 rings (SSSR count). The average molecular weight is 398 g/mol. The third-order valence-corrected chi connectivity index (χ3v) is 8.44. The van der Waals surface area contributed by atoms with Gasteiger partial charge in [0.2, 0.25) is 0 Å². The molecular weight excluding hydrogens is 366 g/mol. The summed E-state index contributed by atoms with van der Waals surface area (Å²) in [5, 5.41) is 10.3. The Morgan fingerprint density at radius 2 is 1.97 bits per heavy atom. The number of hydrogen-bond donors (Lipinski definition) is 1. The summed E-state index contributed by atoms with van der Waals surface area (Å²) in [6, 6.07) is 6.12. The first kappa shape index (κ1) is 18.9. The maximum absolute atomic E-state index is 13.6. The van der Waals surface area contributed by atoms with E-state index in [4.69, 9.17) is 0 Å². The maximum atomic E-state index is 13.6. The summed E-state index contributed by atoms with van der Waals surface area (Å²) in [5.41, 5.74) is 1.62. The first-order valence-electron chi connectivity index (χ1n) is 11.0. The van der Waals surface area contributed by atoms with Crippen molar-refractivity contribution in [3.63, 3.8) is 0 Å². The zero-order chi connectivity index (χ0) is 20.6. The topological polar surface area (TPSA) is 64.1 Å². The number of benzene rings is 1. The molecule has 2 aliphatic heterocycles. The van der Waals surface area contributed by atoms with Gasteiger partial charge in [-0.05, 0) is 88.7 Å². The Morgan fingerprint density at radius 3 is 2.69 bits per heavy atom.